The van der Waals surface area contributed by atoms with Crippen molar-refractivity contribution in [3.63, 3.8) is 0 Å². The van der Waals surface area contributed by atoms with Gasteiger partial charge >= 0.3 is 12.0 Å². The number of carbonyl (C=O) groups is 2. The lowest BCUT2D eigenvalue weighted by Crippen LogP contribution is -2.53. The van der Waals surface area contributed by atoms with E-state index in [0.29, 0.717) is 19.4 Å². The van der Waals surface area contributed by atoms with E-state index in [0.717, 1.165) is 6.42 Å². The molecule has 0 spiro atoms. The summed E-state index contributed by atoms with van der Waals surface area (Å²) in [6.45, 7) is 2.24. The van der Waals surface area contributed by atoms with Crippen LogP contribution in [-0.2, 0) is 14.6 Å². The topological polar surface area (TPSA) is 104 Å². The quantitative estimate of drug-likeness (QED) is 0.776. The van der Waals surface area contributed by atoms with Gasteiger partial charge in [0.2, 0.25) is 0 Å². The summed E-state index contributed by atoms with van der Waals surface area (Å²) in [5.74, 6) is -0.893. The predicted molar refractivity (Wildman–Crippen MR) is 72.2 cm³/mol. The fraction of sp³-hybridized carbons (Fsp3) is 0.833. The lowest BCUT2D eigenvalue weighted by molar-refractivity contribution is -0.137. The summed E-state index contributed by atoms with van der Waals surface area (Å²) in [4.78, 5) is 24.5. The number of nitrogens with zero attached hydrogens (tertiary/aromatic N) is 1. The van der Waals surface area contributed by atoms with Crippen LogP contribution in [0.25, 0.3) is 0 Å². The highest BCUT2D eigenvalue weighted by Gasteiger charge is 2.41. The molecule has 114 valence electrons. The molecule has 0 saturated carbocycles. The number of amides is 2. The molecule has 0 radical (unpaired) electrons. The second kappa shape index (κ2) is 5.23. The molecule has 2 N–H and O–H groups in total. The van der Waals surface area contributed by atoms with E-state index in [-0.39, 0.29) is 30.0 Å². The highest BCUT2D eigenvalue weighted by atomic mass is 32.2. The van der Waals surface area contributed by atoms with E-state index in [2.05, 4.69) is 5.32 Å². The van der Waals surface area contributed by atoms with Crippen LogP contribution in [0.4, 0.5) is 4.79 Å². The molecule has 2 aliphatic rings. The molecular weight excluding hydrogens is 284 g/mol. The van der Waals surface area contributed by atoms with E-state index in [4.69, 9.17) is 5.11 Å². The van der Waals surface area contributed by atoms with E-state index in [9.17, 15) is 18.0 Å². The lowest BCUT2D eigenvalue weighted by Gasteiger charge is -2.30. The molecule has 0 aromatic heterocycles. The van der Waals surface area contributed by atoms with Crippen LogP contribution in [-0.4, -0.2) is 60.1 Å². The smallest absolute Gasteiger partial charge is 0.318 e. The van der Waals surface area contributed by atoms with Crippen molar-refractivity contribution in [2.45, 2.75) is 44.2 Å². The zero-order valence-corrected chi connectivity index (χ0v) is 12.3. The second-order valence-corrected chi connectivity index (χ2v) is 8.10. The number of carboxylic acid groups (broad SMARTS) is 1. The molecule has 2 atom stereocenters. The number of likely N-dealkylation sites (tertiary alicyclic amines) is 1. The van der Waals surface area contributed by atoms with Crippen molar-refractivity contribution < 1.29 is 23.1 Å². The summed E-state index contributed by atoms with van der Waals surface area (Å²) in [6.07, 6.45) is 1.79. The molecule has 2 heterocycles. The minimum absolute atomic E-state index is 0.0524. The van der Waals surface area contributed by atoms with Crippen LogP contribution in [0.1, 0.15) is 32.6 Å². The van der Waals surface area contributed by atoms with Crippen molar-refractivity contribution in [2.24, 2.45) is 0 Å². The molecule has 2 saturated heterocycles. The normalized spacial score (nSPS) is 32.2. The van der Waals surface area contributed by atoms with Gasteiger partial charge in [0.25, 0.3) is 0 Å². The van der Waals surface area contributed by atoms with E-state index in [1.165, 1.54) is 4.90 Å². The van der Waals surface area contributed by atoms with Crippen molar-refractivity contribution in [1.29, 1.82) is 0 Å². The number of carboxylic acids is 1. The number of aliphatic carboxylic acids is 1. The first kappa shape index (κ1) is 15.1. The first-order valence-corrected chi connectivity index (χ1v) is 8.54. The van der Waals surface area contributed by atoms with Crippen molar-refractivity contribution >= 4 is 21.8 Å². The number of urea groups is 1. The lowest BCUT2D eigenvalue weighted by atomic mass is 10.0. The number of hydrogen-bond acceptors (Lipinski definition) is 4. The van der Waals surface area contributed by atoms with Crippen LogP contribution < -0.4 is 5.32 Å². The minimum atomic E-state index is -3.08. The number of hydrogen-bond donors (Lipinski definition) is 2. The molecule has 20 heavy (non-hydrogen) atoms. The van der Waals surface area contributed by atoms with E-state index in [1.807, 2.05) is 0 Å². The van der Waals surface area contributed by atoms with Gasteiger partial charge < -0.3 is 15.3 Å². The molecular formula is C12H20N2O5S. The summed E-state index contributed by atoms with van der Waals surface area (Å²) < 4.78 is 23.0. The molecule has 0 aromatic carbocycles. The Labute approximate surface area is 118 Å². The zero-order valence-electron chi connectivity index (χ0n) is 11.5. The molecule has 2 rings (SSSR count). The van der Waals surface area contributed by atoms with Gasteiger partial charge in [-0.2, -0.15) is 0 Å². The van der Waals surface area contributed by atoms with Crippen LogP contribution in [0.5, 0.6) is 0 Å². The molecule has 2 unspecified atom stereocenters. The molecule has 8 heteroatoms. The Morgan fingerprint density at radius 3 is 2.70 bits per heavy atom. The number of rotatable bonds is 3. The maximum atomic E-state index is 12.2. The van der Waals surface area contributed by atoms with Crippen molar-refractivity contribution in [3.05, 3.63) is 0 Å². The first-order valence-electron chi connectivity index (χ1n) is 6.72. The van der Waals surface area contributed by atoms with Gasteiger partial charge in [0.1, 0.15) is 0 Å². The van der Waals surface area contributed by atoms with Gasteiger partial charge in [-0.15, -0.1) is 0 Å². The van der Waals surface area contributed by atoms with Crippen LogP contribution in [0.3, 0.4) is 0 Å². The Morgan fingerprint density at radius 2 is 2.15 bits per heavy atom. The largest absolute Gasteiger partial charge is 0.481 e. The first-order chi connectivity index (χ1) is 9.21. The average molecular weight is 304 g/mol. The zero-order chi connectivity index (χ0) is 15.0. The molecule has 2 aliphatic heterocycles. The van der Waals surface area contributed by atoms with Crippen LogP contribution in [0, 0.1) is 0 Å². The summed E-state index contributed by atoms with van der Waals surface area (Å²) in [7, 11) is -3.08. The summed E-state index contributed by atoms with van der Waals surface area (Å²) in [5.41, 5.74) is -0.744. The Balaban J connectivity index is 1.99. The van der Waals surface area contributed by atoms with Gasteiger partial charge in [-0.25, -0.2) is 13.2 Å². The summed E-state index contributed by atoms with van der Waals surface area (Å²) >= 11 is 0. The number of sulfone groups is 1. The van der Waals surface area contributed by atoms with Crippen LogP contribution >= 0.6 is 0 Å². The Kier molecular flexibility index (Phi) is 3.95. The van der Waals surface area contributed by atoms with Gasteiger partial charge in [-0.1, -0.05) is 0 Å². The third-order valence-electron chi connectivity index (χ3n) is 3.96. The van der Waals surface area contributed by atoms with Gasteiger partial charge in [0.15, 0.2) is 9.84 Å². The third kappa shape index (κ3) is 3.41. The highest BCUT2D eigenvalue weighted by molar-refractivity contribution is 7.91. The van der Waals surface area contributed by atoms with Gasteiger partial charge in [-0.05, 0) is 26.2 Å². The van der Waals surface area contributed by atoms with Crippen molar-refractivity contribution in [1.82, 2.24) is 10.2 Å². The maximum absolute atomic E-state index is 12.2. The van der Waals surface area contributed by atoms with Gasteiger partial charge in [-0.3, -0.25) is 4.79 Å². The molecule has 7 nitrogen and oxygen atoms in total. The SMILES string of the molecule is CC1(NC(=O)N2CCCC2CC(=O)O)CCS(=O)(=O)C1. The van der Waals surface area contributed by atoms with Gasteiger partial charge in [0.05, 0.1) is 23.5 Å². The minimum Gasteiger partial charge on any atom is -0.481 e. The second-order valence-electron chi connectivity index (χ2n) is 5.92. The third-order valence-corrected chi connectivity index (χ3v) is 5.86. The predicted octanol–water partition coefficient (Wildman–Crippen LogP) is 0.212. The molecule has 0 aromatic rings. The standard InChI is InChI=1S/C12H20N2O5S/c1-12(4-6-20(18,19)8-12)13-11(17)14-5-2-3-9(14)7-10(15)16/h9H,2-8H2,1H3,(H,13,17)(H,15,16). The average Bonchev–Trinajstić information content (AvgIpc) is 2.82. The molecule has 2 amide bonds. The van der Waals surface area contributed by atoms with Crippen LogP contribution in [0.15, 0.2) is 0 Å². The van der Waals surface area contributed by atoms with E-state index in [1.54, 1.807) is 6.92 Å². The molecule has 2 fully saturated rings. The molecule has 0 aliphatic carbocycles. The Hall–Kier alpha value is -1.31. The van der Waals surface area contributed by atoms with Crippen LogP contribution in [0.2, 0.25) is 0 Å². The van der Waals surface area contributed by atoms with Gasteiger partial charge in [0, 0.05) is 12.6 Å². The van der Waals surface area contributed by atoms with Crippen molar-refractivity contribution in [2.75, 3.05) is 18.1 Å². The van der Waals surface area contributed by atoms with E-state index < -0.39 is 21.3 Å². The molecule has 0 bridgehead atoms. The fourth-order valence-corrected chi connectivity index (χ4v) is 5.05. The van der Waals surface area contributed by atoms with Crippen molar-refractivity contribution in [3.8, 4) is 0 Å². The maximum Gasteiger partial charge on any atom is 0.318 e. The number of carbonyl (C=O) groups excluding carboxylic acids is 1. The van der Waals surface area contributed by atoms with E-state index >= 15 is 0 Å². The highest BCUT2D eigenvalue weighted by Crippen LogP contribution is 2.25. The number of nitrogens with one attached hydrogen (secondary N) is 1. The monoisotopic (exact) mass is 304 g/mol. The Bertz CT molecular complexity index is 518. The summed E-state index contributed by atoms with van der Waals surface area (Å²) in [6, 6.07) is -0.650. The Morgan fingerprint density at radius 1 is 1.45 bits per heavy atom. The fourth-order valence-electron chi connectivity index (χ4n) is 2.96. The summed E-state index contributed by atoms with van der Waals surface area (Å²) in [5, 5.41) is 11.6.